The fraction of sp³-hybridized carbons (Fsp3) is 0.381. The molecule has 0 aliphatic carbocycles. The zero-order chi connectivity index (χ0) is 20.9. The number of nitrogens with zero attached hydrogens (tertiary/aromatic N) is 3. The van der Waals surface area contributed by atoms with Crippen molar-refractivity contribution >= 4 is 29.3 Å². The van der Waals surface area contributed by atoms with E-state index in [1.54, 1.807) is 12.3 Å². The van der Waals surface area contributed by atoms with Gasteiger partial charge in [0.1, 0.15) is 5.76 Å². The van der Waals surface area contributed by atoms with E-state index in [9.17, 15) is 4.79 Å². The van der Waals surface area contributed by atoms with Crippen LogP contribution in [-0.2, 0) is 4.79 Å². The first-order valence-electron chi connectivity index (χ1n) is 9.88. The summed E-state index contributed by atoms with van der Waals surface area (Å²) in [5.41, 5.74) is 1.80. The van der Waals surface area contributed by atoms with Gasteiger partial charge in [0.2, 0.25) is 5.91 Å². The summed E-state index contributed by atoms with van der Waals surface area (Å²) in [5.74, 6) is 1.20. The Hall–Kier alpha value is -2.29. The number of amides is 1. The Bertz CT molecular complexity index is 1000. The van der Waals surface area contributed by atoms with Crippen molar-refractivity contribution in [2.45, 2.75) is 31.0 Å². The van der Waals surface area contributed by atoms with E-state index >= 15 is 0 Å². The van der Waals surface area contributed by atoms with E-state index in [1.165, 1.54) is 24.6 Å². The minimum atomic E-state index is -0.0875. The van der Waals surface area contributed by atoms with Gasteiger partial charge >= 0.3 is 0 Å². The van der Waals surface area contributed by atoms with Gasteiger partial charge in [0.05, 0.1) is 23.6 Å². The van der Waals surface area contributed by atoms with Crippen LogP contribution in [0.15, 0.2) is 50.7 Å². The predicted molar refractivity (Wildman–Crippen MR) is 115 cm³/mol. The monoisotopic (exact) mass is 446 g/mol. The average molecular weight is 447 g/mol. The second kappa shape index (κ2) is 9.68. The third kappa shape index (κ3) is 4.88. The molecule has 7 nitrogen and oxygen atoms in total. The molecule has 1 atom stereocenters. The van der Waals surface area contributed by atoms with Gasteiger partial charge in [-0.05, 0) is 50.6 Å². The Morgan fingerprint density at radius 1 is 1.27 bits per heavy atom. The average Bonchev–Trinajstić information content (AvgIpc) is 3.50. The van der Waals surface area contributed by atoms with E-state index < -0.39 is 0 Å². The van der Waals surface area contributed by atoms with Gasteiger partial charge in [0.25, 0.3) is 11.1 Å². The molecule has 1 amide bonds. The molecule has 1 N–H and O–H groups in total. The number of aryl methyl sites for hydroxylation is 1. The van der Waals surface area contributed by atoms with E-state index in [0.717, 1.165) is 29.2 Å². The second-order valence-electron chi connectivity index (χ2n) is 7.14. The van der Waals surface area contributed by atoms with Gasteiger partial charge in [-0.3, -0.25) is 9.69 Å². The Labute approximate surface area is 184 Å². The minimum Gasteiger partial charge on any atom is -0.469 e. The molecule has 4 rings (SSSR count). The number of nitrogens with one attached hydrogen (secondary N) is 1. The molecule has 1 saturated heterocycles. The second-order valence-corrected chi connectivity index (χ2v) is 8.47. The third-order valence-electron chi connectivity index (χ3n) is 5.16. The van der Waals surface area contributed by atoms with Gasteiger partial charge in [0, 0.05) is 11.6 Å². The molecule has 0 spiro atoms. The number of benzene rings is 1. The molecule has 0 unspecified atom stereocenters. The van der Waals surface area contributed by atoms with Crippen LogP contribution in [0.2, 0.25) is 5.02 Å². The Balaban J connectivity index is 1.33. The molecule has 1 fully saturated rings. The Morgan fingerprint density at radius 2 is 2.07 bits per heavy atom. The molecule has 0 saturated carbocycles. The summed E-state index contributed by atoms with van der Waals surface area (Å²) in [6, 6.07) is 9.67. The lowest BCUT2D eigenvalue weighted by Gasteiger charge is -2.28. The molecule has 3 aromatic rings. The first-order valence-corrected chi connectivity index (χ1v) is 11.2. The number of hydrogen-bond donors (Lipinski definition) is 1. The number of likely N-dealkylation sites (tertiary alicyclic amines) is 1. The van der Waals surface area contributed by atoms with Crippen LogP contribution in [0.25, 0.3) is 11.5 Å². The highest BCUT2D eigenvalue weighted by Crippen LogP contribution is 2.30. The van der Waals surface area contributed by atoms with E-state index in [-0.39, 0.29) is 17.7 Å². The molecule has 158 valence electrons. The van der Waals surface area contributed by atoms with Gasteiger partial charge in [-0.1, -0.05) is 41.6 Å². The number of rotatable bonds is 8. The molecule has 2 aromatic heterocycles. The summed E-state index contributed by atoms with van der Waals surface area (Å²) in [4.78, 5) is 14.8. The first kappa shape index (κ1) is 21.0. The normalized spacial score (nSPS) is 15.4. The highest BCUT2D eigenvalue weighted by Gasteiger charge is 2.25. The van der Waals surface area contributed by atoms with Crippen molar-refractivity contribution in [1.29, 1.82) is 0 Å². The standard InChI is InChI=1S/C21H23ClN4O3S/c1-14-15(8-11-28-14)20-24-25-21(29-20)30-13-19(27)23-12-18(26-9-4-5-10-26)16-6-2-3-7-17(16)22/h2-3,6-8,11,18H,4-5,9-10,12-13H2,1H3,(H,23,27)/t18-/m0/s1. The summed E-state index contributed by atoms with van der Waals surface area (Å²) in [6.07, 6.45) is 3.91. The summed E-state index contributed by atoms with van der Waals surface area (Å²) < 4.78 is 10.9. The van der Waals surface area contributed by atoms with Gasteiger partial charge in [-0.25, -0.2) is 0 Å². The highest BCUT2D eigenvalue weighted by molar-refractivity contribution is 7.99. The fourth-order valence-electron chi connectivity index (χ4n) is 3.61. The topological polar surface area (TPSA) is 84.4 Å². The largest absolute Gasteiger partial charge is 0.469 e. The summed E-state index contributed by atoms with van der Waals surface area (Å²) in [7, 11) is 0. The number of hydrogen-bond acceptors (Lipinski definition) is 7. The molecule has 1 aliphatic rings. The Morgan fingerprint density at radius 3 is 2.80 bits per heavy atom. The van der Waals surface area contributed by atoms with Crippen molar-refractivity contribution in [3.05, 3.63) is 52.9 Å². The fourth-order valence-corrected chi connectivity index (χ4v) is 4.46. The highest BCUT2D eigenvalue weighted by atomic mass is 35.5. The first-order chi connectivity index (χ1) is 14.6. The van der Waals surface area contributed by atoms with Gasteiger partial charge in [-0.15, -0.1) is 10.2 Å². The maximum atomic E-state index is 12.5. The molecule has 30 heavy (non-hydrogen) atoms. The van der Waals surface area contributed by atoms with Crippen LogP contribution in [0, 0.1) is 6.92 Å². The minimum absolute atomic E-state index is 0.0641. The van der Waals surface area contributed by atoms with Crippen molar-refractivity contribution in [1.82, 2.24) is 20.4 Å². The van der Waals surface area contributed by atoms with Crippen molar-refractivity contribution in [3.63, 3.8) is 0 Å². The van der Waals surface area contributed by atoms with E-state index in [4.69, 9.17) is 20.4 Å². The zero-order valence-electron chi connectivity index (χ0n) is 16.6. The number of carbonyl (C=O) groups is 1. The number of aromatic nitrogens is 2. The van der Waals surface area contributed by atoms with Crippen LogP contribution in [0.1, 0.15) is 30.2 Å². The van der Waals surface area contributed by atoms with Crippen molar-refractivity contribution < 1.29 is 13.6 Å². The quantitative estimate of drug-likeness (QED) is 0.515. The summed E-state index contributed by atoms with van der Waals surface area (Å²) >= 11 is 7.64. The van der Waals surface area contributed by atoms with Crippen LogP contribution in [0.5, 0.6) is 0 Å². The zero-order valence-corrected chi connectivity index (χ0v) is 18.2. The van der Waals surface area contributed by atoms with Crippen LogP contribution in [-0.4, -0.2) is 46.4 Å². The van der Waals surface area contributed by atoms with E-state index in [2.05, 4.69) is 20.4 Å². The number of halogens is 1. The molecule has 1 aromatic carbocycles. The van der Waals surface area contributed by atoms with Crippen LogP contribution in [0.3, 0.4) is 0 Å². The molecule has 3 heterocycles. The van der Waals surface area contributed by atoms with E-state index in [1.807, 2.05) is 31.2 Å². The maximum Gasteiger partial charge on any atom is 0.277 e. The Kier molecular flexibility index (Phi) is 6.76. The van der Waals surface area contributed by atoms with Crippen LogP contribution in [0.4, 0.5) is 0 Å². The lowest BCUT2D eigenvalue weighted by atomic mass is 10.1. The third-order valence-corrected chi connectivity index (χ3v) is 6.32. The van der Waals surface area contributed by atoms with Crippen molar-refractivity contribution in [2.24, 2.45) is 0 Å². The lowest BCUT2D eigenvalue weighted by molar-refractivity contribution is -0.118. The predicted octanol–water partition coefficient (Wildman–Crippen LogP) is 4.34. The number of carbonyl (C=O) groups excluding carboxylic acids is 1. The SMILES string of the molecule is Cc1occc1-c1nnc(SCC(=O)NC[C@@H](c2ccccc2Cl)N2CCCC2)o1. The molecule has 9 heteroatoms. The molecule has 0 bridgehead atoms. The summed E-state index contributed by atoms with van der Waals surface area (Å²) in [6.45, 7) is 4.36. The maximum absolute atomic E-state index is 12.5. The van der Waals surface area contributed by atoms with Gasteiger partial charge in [0.15, 0.2) is 0 Å². The smallest absolute Gasteiger partial charge is 0.277 e. The van der Waals surface area contributed by atoms with Crippen LogP contribution >= 0.6 is 23.4 Å². The number of furan rings is 1. The van der Waals surface area contributed by atoms with E-state index in [0.29, 0.717) is 23.4 Å². The molecule has 1 aliphatic heterocycles. The molecular formula is C21H23ClN4O3S. The van der Waals surface area contributed by atoms with Crippen LogP contribution < -0.4 is 5.32 Å². The number of thioether (sulfide) groups is 1. The molecule has 0 radical (unpaired) electrons. The summed E-state index contributed by atoms with van der Waals surface area (Å²) in [5, 5.41) is 12.1. The van der Waals surface area contributed by atoms with Crippen molar-refractivity contribution in [2.75, 3.05) is 25.4 Å². The lowest BCUT2D eigenvalue weighted by Crippen LogP contribution is -2.37. The molecular weight excluding hydrogens is 424 g/mol. The van der Waals surface area contributed by atoms with Gasteiger partial charge < -0.3 is 14.2 Å². The van der Waals surface area contributed by atoms with Gasteiger partial charge in [-0.2, -0.15) is 0 Å². The van der Waals surface area contributed by atoms with Crippen molar-refractivity contribution in [3.8, 4) is 11.5 Å².